The Labute approximate surface area is 304 Å². The number of hydrogen-bond donors (Lipinski definition) is 3. The standard InChI is InChI=1S/C31H38F17NO5Si/c1-17(2)55(18(3)4,54-15-14-53-21-11-9-20(10-12-21)22(50)8-6-7-19(5)23(51)49-52)16-13-24(32,33)25(34,35)26(36,37)27(38,39)28(40,41)29(42,43)30(44,45)31(46,47)48/h7,9-12,17-18,22,50,52H,6,8,13-16H2,1-5H3,(H,49,51)/b19-7+/t22-/m1/s1. The number of aliphatic hydroxyl groups excluding tert-OH is 1. The van der Waals surface area contributed by atoms with E-state index in [4.69, 9.17) is 14.4 Å². The van der Waals surface area contributed by atoms with Gasteiger partial charge in [-0.05, 0) is 54.6 Å². The van der Waals surface area contributed by atoms with E-state index in [0.29, 0.717) is 5.56 Å². The molecule has 55 heavy (non-hydrogen) atoms. The molecule has 24 heteroatoms. The third-order valence-electron chi connectivity index (χ3n) is 8.91. The quantitative estimate of drug-likeness (QED) is 0.0286. The van der Waals surface area contributed by atoms with Crippen molar-refractivity contribution in [3.63, 3.8) is 0 Å². The lowest BCUT2D eigenvalue weighted by molar-refractivity contribution is -0.461. The number of ether oxygens (including phenoxy) is 1. The zero-order valence-electron chi connectivity index (χ0n) is 29.4. The van der Waals surface area contributed by atoms with Crippen LogP contribution >= 0.6 is 0 Å². The second-order valence-electron chi connectivity index (χ2n) is 13.1. The molecule has 0 radical (unpaired) electrons. The second-order valence-corrected chi connectivity index (χ2v) is 18.1. The van der Waals surface area contributed by atoms with Crippen LogP contribution in [0.4, 0.5) is 74.6 Å². The van der Waals surface area contributed by atoms with Crippen molar-refractivity contribution in [2.24, 2.45) is 0 Å². The Morgan fingerprint density at radius 2 is 1.16 bits per heavy atom. The van der Waals surface area contributed by atoms with Gasteiger partial charge in [-0.25, -0.2) is 5.48 Å². The number of carbonyl (C=O) groups excluding carboxylic acids is 1. The molecule has 1 aromatic carbocycles. The van der Waals surface area contributed by atoms with Gasteiger partial charge in [0.1, 0.15) is 12.4 Å². The molecule has 0 unspecified atom stereocenters. The highest BCUT2D eigenvalue weighted by atomic mass is 28.4. The van der Waals surface area contributed by atoms with Crippen molar-refractivity contribution in [1.82, 2.24) is 5.48 Å². The Balaban J connectivity index is 3.18. The molecule has 1 rings (SSSR count). The van der Waals surface area contributed by atoms with Gasteiger partial charge in [0.15, 0.2) is 8.32 Å². The summed E-state index contributed by atoms with van der Waals surface area (Å²) in [5.74, 6) is -57.3. The van der Waals surface area contributed by atoms with E-state index in [1.807, 2.05) is 0 Å². The van der Waals surface area contributed by atoms with E-state index < -0.39 is 98.1 Å². The van der Waals surface area contributed by atoms with Crippen molar-refractivity contribution >= 4 is 14.2 Å². The molecule has 1 atom stereocenters. The summed E-state index contributed by atoms with van der Waals surface area (Å²) in [5, 5.41) is 19.0. The predicted octanol–water partition coefficient (Wildman–Crippen LogP) is 10.5. The van der Waals surface area contributed by atoms with Crippen molar-refractivity contribution in [2.45, 2.75) is 125 Å². The van der Waals surface area contributed by atoms with Crippen molar-refractivity contribution in [1.29, 1.82) is 0 Å². The molecule has 0 bridgehead atoms. The molecule has 0 saturated heterocycles. The van der Waals surface area contributed by atoms with Crippen molar-refractivity contribution in [3.05, 3.63) is 41.5 Å². The van der Waals surface area contributed by atoms with E-state index in [2.05, 4.69) is 0 Å². The van der Waals surface area contributed by atoms with Gasteiger partial charge in [0.25, 0.3) is 5.91 Å². The zero-order valence-corrected chi connectivity index (χ0v) is 30.4. The summed E-state index contributed by atoms with van der Waals surface area (Å²) < 4.78 is 245. The summed E-state index contributed by atoms with van der Waals surface area (Å²) >= 11 is 0. The van der Waals surface area contributed by atoms with Gasteiger partial charge in [0.2, 0.25) is 0 Å². The summed E-state index contributed by atoms with van der Waals surface area (Å²) in [5.41, 5.74) is 0.327. The molecule has 0 heterocycles. The van der Waals surface area contributed by atoms with Crippen LogP contribution in [0.15, 0.2) is 35.9 Å². The van der Waals surface area contributed by atoms with E-state index in [1.54, 1.807) is 0 Å². The highest BCUT2D eigenvalue weighted by Gasteiger charge is 2.95. The normalized spacial score (nSPS) is 15.5. The number of rotatable bonds is 21. The van der Waals surface area contributed by atoms with Gasteiger partial charge in [-0.3, -0.25) is 10.0 Å². The highest BCUT2D eigenvalue weighted by molar-refractivity contribution is 6.76. The van der Waals surface area contributed by atoms with Crippen molar-refractivity contribution < 1.29 is 98.9 Å². The summed E-state index contributed by atoms with van der Waals surface area (Å²) in [4.78, 5) is 11.3. The molecular weight excluding hydrogens is 817 g/mol. The van der Waals surface area contributed by atoms with Crippen LogP contribution in [0.1, 0.15) is 65.5 Å². The van der Waals surface area contributed by atoms with Crippen LogP contribution in [-0.4, -0.2) is 85.4 Å². The fraction of sp³-hybridized carbons (Fsp3) is 0.710. The number of hydrogen-bond acceptors (Lipinski definition) is 5. The Morgan fingerprint density at radius 3 is 1.58 bits per heavy atom. The molecule has 0 aliphatic rings. The van der Waals surface area contributed by atoms with Crippen LogP contribution in [0.5, 0.6) is 5.75 Å². The number of aliphatic hydroxyl groups is 1. The fourth-order valence-corrected chi connectivity index (χ4v) is 9.81. The second kappa shape index (κ2) is 17.3. The monoisotopic (exact) mass is 855 g/mol. The van der Waals surface area contributed by atoms with Crippen LogP contribution < -0.4 is 10.2 Å². The lowest BCUT2D eigenvalue weighted by Gasteiger charge is -2.44. The van der Waals surface area contributed by atoms with Crippen LogP contribution in [0.3, 0.4) is 0 Å². The molecule has 0 spiro atoms. The van der Waals surface area contributed by atoms with Gasteiger partial charge in [-0.2, -0.15) is 74.6 Å². The van der Waals surface area contributed by atoms with Gasteiger partial charge < -0.3 is 14.3 Å². The molecule has 1 aromatic rings. The summed E-state index contributed by atoms with van der Waals surface area (Å²) in [6, 6.07) is 4.35. The first-order valence-electron chi connectivity index (χ1n) is 15.9. The molecule has 0 saturated carbocycles. The number of amides is 1. The Kier molecular flexibility index (Phi) is 15.8. The van der Waals surface area contributed by atoms with E-state index in [9.17, 15) is 84.5 Å². The largest absolute Gasteiger partial charge is 0.491 e. The molecule has 0 fully saturated rings. The van der Waals surface area contributed by atoms with E-state index >= 15 is 0 Å². The highest BCUT2D eigenvalue weighted by Crippen LogP contribution is 2.64. The van der Waals surface area contributed by atoms with Gasteiger partial charge in [0.05, 0.1) is 12.7 Å². The predicted molar refractivity (Wildman–Crippen MR) is 162 cm³/mol. The summed E-state index contributed by atoms with van der Waals surface area (Å²) in [6.07, 6.45) is -9.50. The van der Waals surface area contributed by atoms with Crippen molar-refractivity contribution in [2.75, 3.05) is 13.2 Å². The molecule has 0 aliphatic carbocycles. The molecule has 320 valence electrons. The average Bonchev–Trinajstić information content (AvgIpc) is 3.06. The van der Waals surface area contributed by atoms with E-state index in [0.717, 1.165) is 0 Å². The topological polar surface area (TPSA) is 88.0 Å². The summed E-state index contributed by atoms with van der Waals surface area (Å²) in [6.45, 7) is 5.82. The number of nitrogens with one attached hydrogen (secondary N) is 1. The SMILES string of the molecule is C/C(=C\CC[C@@H](O)c1ccc(OCCO[Si](CCC(F)(F)C(F)(F)C(F)(F)C(F)(F)C(F)(F)C(F)(F)C(F)(F)C(F)(F)F)(C(C)C)C(C)C)cc1)C(=O)NO. The maximum Gasteiger partial charge on any atom is 0.460 e. The van der Waals surface area contributed by atoms with Crippen LogP contribution in [0.2, 0.25) is 17.1 Å². The first-order chi connectivity index (χ1) is 24.6. The number of allylic oxidation sites excluding steroid dienone is 1. The van der Waals surface area contributed by atoms with Crippen LogP contribution in [0, 0.1) is 0 Å². The van der Waals surface area contributed by atoms with Crippen molar-refractivity contribution in [3.8, 4) is 5.75 Å². The van der Waals surface area contributed by atoms with E-state index in [1.165, 1.54) is 70.4 Å². The maximum atomic E-state index is 14.8. The van der Waals surface area contributed by atoms with Gasteiger partial charge >= 0.3 is 47.6 Å². The Hall–Kier alpha value is -2.86. The van der Waals surface area contributed by atoms with Gasteiger partial charge in [0, 0.05) is 12.0 Å². The lowest BCUT2D eigenvalue weighted by Crippen LogP contribution is -2.74. The first kappa shape index (κ1) is 50.2. The zero-order chi connectivity index (χ0) is 43.4. The lowest BCUT2D eigenvalue weighted by atomic mass is 9.88. The third kappa shape index (κ3) is 9.65. The van der Waals surface area contributed by atoms with Gasteiger partial charge in [-0.1, -0.05) is 45.9 Å². The number of halogens is 17. The van der Waals surface area contributed by atoms with Crippen LogP contribution in [0.25, 0.3) is 0 Å². The molecule has 6 nitrogen and oxygen atoms in total. The fourth-order valence-electron chi connectivity index (χ4n) is 5.34. The van der Waals surface area contributed by atoms with Crippen LogP contribution in [-0.2, 0) is 9.22 Å². The number of benzene rings is 1. The van der Waals surface area contributed by atoms with E-state index in [-0.39, 0.29) is 30.8 Å². The Bertz CT molecular complexity index is 1440. The number of alkyl halides is 17. The third-order valence-corrected chi connectivity index (χ3v) is 14.6. The Morgan fingerprint density at radius 1 is 0.727 bits per heavy atom. The molecule has 3 N–H and O–H groups in total. The molecule has 0 aliphatic heterocycles. The number of carbonyl (C=O) groups is 1. The molecule has 1 amide bonds. The summed E-state index contributed by atoms with van der Waals surface area (Å²) in [7, 11) is -3.94. The smallest absolute Gasteiger partial charge is 0.460 e. The average molecular weight is 856 g/mol. The maximum absolute atomic E-state index is 14.8. The minimum atomic E-state index is -8.68. The molecule has 0 aromatic heterocycles. The number of hydroxylamine groups is 1. The molecular formula is C31H38F17NO5Si. The van der Waals surface area contributed by atoms with Gasteiger partial charge in [-0.15, -0.1) is 0 Å². The minimum Gasteiger partial charge on any atom is -0.491 e. The minimum absolute atomic E-state index is 0.154. The first-order valence-corrected chi connectivity index (χ1v) is 18.2.